The van der Waals surface area contributed by atoms with Gasteiger partial charge in [-0.3, -0.25) is 0 Å². The summed E-state index contributed by atoms with van der Waals surface area (Å²) < 4.78 is 33.1. The van der Waals surface area contributed by atoms with Gasteiger partial charge in [-0.15, -0.1) is 0 Å². The summed E-state index contributed by atoms with van der Waals surface area (Å²) in [7, 11) is -3.43. The fourth-order valence-electron chi connectivity index (χ4n) is 2.34. The number of aromatic nitrogens is 1. The topological polar surface area (TPSA) is 87.5 Å². The number of hydrogen-bond donors (Lipinski definition) is 2. The highest BCUT2D eigenvalue weighted by molar-refractivity contribution is 7.87. The van der Waals surface area contributed by atoms with Gasteiger partial charge in [0.05, 0.1) is 12.2 Å². The highest BCUT2D eigenvalue weighted by atomic mass is 32.2. The SMILES string of the molecule is CC(C)NCC1CCN(S(=O)(=O)NCc2ccon2)CC1. The maximum Gasteiger partial charge on any atom is 0.279 e. The van der Waals surface area contributed by atoms with E-state index in [1.54, 1.807) is 6.07 Å². The zero-order valence-corrected chi connectivity index (χ0v) is 13.4. The Labute approximate surface area is 126 Å². The Morgan fingerprint density at radius 3 is 2.71 bits per heavy atom. The third kappa shape index (κ3) is 5.06. The van der Waals surface area contributed by atoms with Crippen molar-refractivity contribution in [1.29, 1.82) is 0 Å². The smallest absolute Gasteiger partial charge is 0.279 e. The molecule has 0 radical (unpaired) electrons. The molecule has 21 heavy (non-hydrogen) atoms. The van der Waals surface area contributed by atoms with E-state index in [4.69, 9.17) is 0 Å². The largest absolute Gasteiger partial charge is 0.364 e. The molecule has 0 aliphatic carbocycles. The van der Waals surface area contributed by atoms with Crippen LogP contribution in [-0.4, -0.2) is 43.6 Å². The predicted octanol–water partition coefficient (Wildman–Crippen LogP) is 0.719. The van der Waals surface area contributed by atoms with E-state index in [2.05, 4.69) is 33.6 Å². The molecular weight excluding hydrogens is 292 g/mol. The van der Waals surface area contributed by atoms with Crippen molar-refractivity contribution in [3.8, 4) is 0 Å². The fraction of sp³-hybridized carbons (Fsp3) is 0.769. The van der Waals surface area contributed by atoms with E-state index in [-0.39, 0.29) is 6.54 Å². The van der Waals surface area contributed by atoms with Crippen LogP contribution in [0.4, 0.5) is 0 Å². The molecule has 0 atom stereocenters. The normalized spacial score (nSPS) is 18.4. The first-order valence-electron chi connectivity index (χ1n) is 7.35. The molecule has 1 aliphatic heterocycles. The zero-order valence-electron chi connectivity index (χ0n) is 12.6. The first-order valence-corrected chi connectivity index (χ1v) is 8.79. The van der Waals surface area contributed by atoms with Gasteiger partial charge in [0.1, 0.15) is 6.26 Å². The lowest BCUT2D eigenvalue weighted by molar-refractivity contribution is 0.261. The van der Waals surface area contributed by atoms with E-state index in [1.807, 2.05) is 0 Å². The molecule has 2 heterocycles. The van der Waals surface area contributed by atoms with Gasteiger partial charge in [-0.2, -0.15) is 17.4 Å². The van der Waals surface area contributed by atoms with Crippen LogP contribution in [0, 0.1) is 5.92 Å². The number of piperidine rings is 1. The van der Waals surface area contributed by atoms with Crippen molar-refractivity contribution in [2.75, 3.05) is 19.6 Å². The summed E-state index contributed by atoms with van der Waals surface area (Å²) in [6, 6.07) is 2.11. The van der Waals surface area contributed by atoms with Crippen molar-refractivity contribution >= 4 is 10.2 Å². The molecule has 2 rings (SSSR count). The molecule has 0 aromatic carbocycles. The van der Waals surface area contributed by atoms with Crippen LogP contribution < -0.4 is 10.0 Å². The molecule has 1 saturated heterocycles. The summed E-state index contributed by atoms with van der Waals surface area (Å²) in [4.78, 5) is 0. The average molecular weight is 316 g/mol. The predicted molar refractivity (Wildman–Crippen MR) is 79.7 cm³/mol. The number of nitrogens with zero attached hydrogens (tertiary/aromatic N) is 2. The van der Waals surface area contributed by atoms with Gasteiger partial charge in [-0.05, 0) is 25.3 Å². The molecule has 0 amide bonds. The van der Waals surface area contributed by atoms with Gasteiger partial charge in [-0.25, -0.2) is 0 Å². The Hall–Kier alpha value is -0.960. The van der Waals surface area contributed by atoms with Crippen molar-refractivity contribution in [2.45, 2.75) is 39.3 Å². The van der Waals surface area contributed by atoms with E-state index < -0.39 is 10.2 Å². The van der Waals surface area contributed by atoms with Gasteiger partial charge >= 0.3 is 0 Å². The van der Waals surface area contributed by atoms with Crippen LogP contribution in [0.2, 0.25) is 0 Å². The standard InChI is InChI=1S/C13H24N4O3S/c1-11(2)14-9-12-3-6-17(7-4-12)21(18,19)15-10-13-5-8-20-16-13/h5,8,11-12,14-15H,3-4,6-7,9-10H2,1-2H3. The second kappa shape index (κ2) is 7.35. The Morgan fingerprint density at radius 2 is 2.14 bits per heavy atom. The minimum atomic E-state index is -3.43. The van der Waals surface area contributed by atoms with Crippen molar-refractivity contribution < 1.29 is 12.9 Å². The van der Waals surface area contributed by atoms with E-state index in [9.17, 15) is 8.42 Å². The molecular formula is C13H24N4O3S. The number of rotatable bonds is 7. The summed E-state index contributed by atoms with van der Waals surface area (Å²) in [5.41, 5.74) is 0.578. The van der Waals surface area contributed by atoms with Crippen LogP contribution in [0.15, 0.2) is 16.9 Å². The number of nitrogens with one attached hydrogen (secondary N) is 2. The van der Waals surface area contributed by atoms with E-state index in [0.717, 1.165) is 19.4 Å². The summed E-state index contributed by atoms with van der Waals surface area (Å²) in [6.45, 7) is 6.49. The summed E-state index contributed by atoms with van der Waals surface area (Å²) >= 11 is 0. The minimum Gasteiger partial charge on any atom is -0.364 e. The quantitative estimate of drug-likeness (QED) is 0.774. The van der Waals surface area contributed by atoms with Crippen molar-refractivity contribution in [3.63, 3.8) is 0 Å². The molecule has 1 aliphatic rings. The zero-order chi connectivity index (χ0) is 15.3. The van der Waals surface area contributed by atoms with Crippen LogP contribution in [0.1, 0.15) is 32.4 Å². The van der Waals surface area contributed by atoms with Crippen LogP contribution >= 0.6 is 0 Å². The Kier molecular flexibility index (Phi) is 5.74. The van der Waals surface area contributed by atoms with Gasteiger partial charge in [0.25, 0.3) is 10.2 Å². The molecule has 7 nitrogen and oxygen atoms in total. The van der Waals surface area contributed by atoms with Crippen molar-refractivity contribution in [3.05, 3.63) is 18.0 Å². The molecule has 8 heteroatoms. The molecule has 120 valence electrons. The van der Waals surface area contributed by atoms with Crippen LogP contribution in [-0.2, 0) is 16.8 Å². The highest BCUT2D eigenvalue weighted by Gasteiger charge is 2.27. The molecule has 0 spiro atoms. The van der Waals surface area contributed by atoms with E-state index >= 15 is 0 Å². The minimum absolute atomic E-state index is 0.160. The van der Waals surface area contributed by atoms with E-state index in [1.165, 1.54) is 10.6 Å². The molecule has 0 saturated carbocycles. The molecule has 1 aromatic rings. The van der Waals surface area contributed by atoms with Crippen molar-refractivity contribution in [2.24, 2.45) is 5.92 Å². The lowest BCUT2D eigenvalue weighted by Crippen LogP contribution is -2.46. The lowest BCUT2D eigenvalue weighted by atomic mass is 9.98. The third-order valence-electron chi connectivity index (χ3n) is 3.66. The van der Waals surface area contributed by atoms with Gasteiger partial charge in [0.15, 0.2) is 0 Å². The number of hydrogen-bond acceptors (Lipinski definition) is 5. The van der Waals surface area contributed by atoms with Gasteiger partial charge in [-0.1, -0.05) is 19.0 Å². The monoisotopic (exact) mass is 316 g/mol. The average Bonchev–Trinajstić information content (AvgIpc) is 2.97. The summed E-state index contributed by atoms with van der Waals surface area (Å²) in [5, 5.41) is 7.10. The third-order valence-corrected chi connectivity index (χ3v) is 5.21. The van der Waals surface area contributed by atoms with E-state index in [0.29, 0.717) is 30.7 Å². The van der Waals surface area contributed by atoms with Crippen LogP contribution in [0.3, 0.4) is 0 Å². The first-order chi connectivity index (χ1) is 9.97. The Morgan fingerprint density at radius 1 is 1.43 bits per heavy atom. The lowest BCUT2D eigenvalue weighted by Gasteiger charge is -2.31. The Bertz CT molecular complexity index is 508. The van der Waals surface area contributed by atoms with Gasteiger partial charge in [0, 0.05) is 25.2 Å². The molecule has 1 aromatic heterocycles. The maximum atomic E-state index is 12.2. The second-order valence-electron chi connectivity index (χ2n) is 5.72. The molecule has 0 unspecified atom stereocenters. The summed E-state index contributed by atoms with van der Waals surface area (Å²) in [5.74, 6) is 0.550. The Balaban J connectivity index is 1.77. The first kappa shape index (κ1) is 16.4. The highest BCUT2D eigenvalue weighted by Crippen LogP contribution is 2.18. The van der Waals surface area contributed by atoms with Crippen molar-refractivity contribution in [1.82, 2.24) is 19.5 Å². The van der Waals surface area contributed by atoms with Crippen LogP contribution in [0.25, 0.3) is 0 Å². The second-order valence-corrected chi connectivity index (χ2v) is 7.48. The molecule has 2 N–H and O–H groups in total. The maximum absolute atomic E-state index is 12.2. The summed E-state index contributed by atoms with van der Waals surface area (Å²) in [6.07, 6.45) is 3.21. The van der Waals surface area contributed by atoms with Gasteiger partial charge < -0.3 is 9.84 Å². The van der Waals surface area contributed by atoms with Gasteiger partial charge in [0.2, 0.25) is 0 Å². The molecule has 0 bridgehead atoms. The fourth-order valence-corrected chi connectivity index (χ4v) is 3.55. The molecule has 1 fully saturated rings. The van der Waals surface area contributed by atoms with Crippen LogP contribution in [0.5, 0.6) is 0 Å².